The molecule has 0 fully saturated rings. The molecule has 0 aliphatic rings. The smallest absolute Gasteiger partial charge is 0.272 e. The molecule has 4 N–H and O–H groups in total. The van der Waals surface area contributed by atoms with Gasteiger partial charge in [-0.3, -0.25) is 10.1 Å². The van der Waals surface area contributed by atoms with Crippen LogP contribution in [0.4, 0.5) is 17.5 Å². The zero-order valence-electron chi connectivity index (χ0n) is 9.71. The molecule has 0 saturated heterocycles. The summed E-state index contributed by atoms with van der Waals surface area (Å²) in [4.78, 5) is 17.5. The number of nitrogens with two attached hydrogens (primary N) is 2. The van der Waals surface area contributed by atoms with Gasteiger partial charge >= 0.3 is 0 Å². The van der Waals surface area contributed by atoms with Crippen LogP contribution in [0, 0.1) is 10.1 Å². The fourth-order valence-corrected chi connectivity index (χ4v) is 1.92. The second-order valence-electron chi connectivity index (χ2n) is 3.59. The molecule has 0 unspecified atom stereocenters. The number of nitro benzene ring substituents is 1. The zero-order valence-corrected chi connectivity index (χ0v) is 11.2. The Hall–Kier alpha value is -2.32. The average Bonchev–Trinajstić information content (AvgIpc) is 2.32. The van der Waals surface area contributed by atoms with E-state index in [4.69, 9.17) is 39.4 Å². The molecule has 1 aromatic carbocycles. The minimum absolute atomic E-state index is 0.0106. The van der Waals surface area contributed by atoms with E-state index in [0.29, 0.717) is 0 Å². The maximum absolute atomic E-state index is 10.7. The Balaban J connectivity index is 2.41. The Morgan fingerprint density at radius 3 is 2.25 bits per heavy atom. The number of halogens is 2. The lowest BCUT2D eigenvalue weighted by molar-refractivity contribution is -0.384. The third-order valence-electron chi connectivity index (χ3n) is 2.14. The molecule has 8 nitrogen and oxygen atoms in total. The van der Waals surface area contributed by atoms with E-state index in [1.165, 1.54) is 6.07 Å². The van der Waals surface area contributed by atoms with Gasteiger partial charge < -0.3 is 16.2 Å². The summed E-state index contributed by atoms with van der Waals surface area (Å²) in [7, 11) is 0. The van der Waals surface area contributed by atoms with Gasteiger partial charge in [-0.1, -0.05) is 23.2 Å². The van der Waals surface area contributed by atoms with Gasteiger partial charge in [-0.15, -0.1) is 0 Å². The van der Waals surface area contributed by atoms with Gasteiger partial charge in [0.25, 0.3) is 5.69 Å². The maximum atomic E-state index is 10.7. The van der Waals surface area contributed by atoms with Crippen LogP contribution in [0.3, 0.4) is 0 Å². The summed E-state index contributed by atoms with van der Waals surface area (Å²) >= 11 is 11.8. The van der Waals surface area contributed by atoms with Gasteiger partial charge in [0.1, 0.15) is 5.82 Å². The lowest BCUT2D eigenvalue weighted by Gasteiger charge is -2.09. The summed E-state index contributed by atoms with van der Waals surface area (Å²) in [6, 6.07) is 3.53. The van der Waals surface area contributed by atoms with Crippen molar-refractivity contribution < 1.29 is 9.66 Å². The van der Waals surface area contributed by atoms with E-state index in [9.17, 15) is 10.1 Å². The van der Waals surface area contributed by atoms with Crippen LogP contribution in [0.1, 0.15) is 0 Å². The molecule has 2 aromatic rings. The lowest BCUT2D eigenvalue weighted by Crippen LogP contribution is -2.01. The van der Waals surface area contributed by atoms with Crippen LogP contribution in [-0.4, -0.2) is 14.9 Å². The highest BCUT2D eigenvalue weighted by Gasteiger charge is 2.17. The average molecular weight is 316 g/mol. The minimum atomic E-state index is -0.623. The fraction of sp³-hybridized carbons (Fsp3) is 0. The normalized spacial score (nSPS) is 10.3. The molecule has 2 rings (SSSR count). The van der Waals surface area contributed by atoms with Crippen molar-refractivity contribution in [1.29, 1.82) is 0 Å². The SMILES string of the molecule is Nc1cc(Oc2c(Cl)cc([N+](=O)[O-])cc2Cl)nc(N)n1. The van der Waals surface area contributed by atoms with E-state index >= 15 is 0 Å². The van der Waals surface area contributed by atoms with Gasteiger partial charge in [0.05, 0.1) is 15.0 Å². The first-order valence-corrected chi connectivity index (χ1v) is 5.83. The Labute approximate surface area is 122 Å². The number of nitrogens with zero attached hydrogens (tertiary/aromatic N) is 3. The molecule has 1 aromatic heterocycles. The predicted octanol–water partition coefficient (Wildman–Crippen LogP) is 2.65. The number of hydrogen-bond donors (Lipinski definition) is 2. The molecular weight excluding hydrogens is 309 g/mol. The highest BCUT2D eigenvalue weighted by molar-refractivity contribution is 6.37. The van der Waals surface area contributed by atoms with Crippen molar-refractivity contribution in [2.24, 2.45) is 0 Å². The number of non-ortho nitro benzene ring substituents is 1. The van der Waals surface area contributed by atoms with Gasteiger partial charge in [-0.25, -0.2) is 0 Å². The summed E-state index contributed by atoms with van der Waals surface area (Å²) in [5, 5.41) is 10.6. The molecule has 0 saturated carbocycles. The first-order chi connectivity index (χ1) is 9.36. The first kappa shape index (κ1) is 14.1. The summed E-state index contributed by atoms with van der Waals surface area (Å²) in [6.07, 6.45) is 0. The lowest BCUT2D eigenvalue weighted by atomic mass is 10.3. The number of nitrogen functional groups attached to an aromatic ring is 2. The van der Waals surface area contributed by atoms with Crippen molar-refractivity contribution in [2.75, 3.05) is 11.5 Å². The van der Waals surface area contributed by atoms with E-state index in [0.717, 1.165) is 12.1 Å². The molecule has 0 spiro atoms. The van der Waals surface area contributed by atoms with Crippen molar-refractivity contribution in [1.82, 2.24) is 9.97 Å². The van der Waals surface area contributed by atoms with Crippen molar-refractivity contribution >= 4 is 40.7 Å². The molecule has 1 heterocycles. The third kappa shape index (κ3) is 2.98. The number of rotatable bonds is 3. The number of hydrogen-bond acceptors (Lipinski definition) is 7. The number of ether oxygens (including phenoxy) is 1. The van der Waals surface area contributed by atoms with E-state index in [1.807, 2.05) is 0 Å². The summed E-state index contributed by atoms with van der Waals surface area (Å²) in [5.41, 5.74) is 10.6. The largest absolute Gasteiger partial charge is 0.436 e. The minimum Gasteiger partial charge on any atom is -0.436 e. The van der Waals surface area contributed by atoms with Gasteiger partial charge in [-0.05, 0) is 0 Å². The summed E-state index contributed by atoms with van der Waals surface area (Å²) < 4.78 is 5.34. The van der Waals surface area contributed by atoms with Crippen LogP contribution in [-0.2, 0) is 0 Å². The van der Waals surface area contributed by atoms with E-state index in [1.54, 1.807) is 0 Å². The van der Waals surface area contributed by atoms with Crippen molar-refractivity contribution in [3.63, 3.8) is 0 Å². The van der Waals surface area contributed by atoms with Crippen molar-refractivity contribution in [2.45, 2.75) is 0 Å². The molecular formula is C10H7Cl2N5O3. The van der Waals surface area contributed by atoms with E-state index in [-0.39, 0.29) is 39.1 Å². The molecule has 0 bridgehead atoms. The van der Waals surface area contributed by atoms with E-state index in [2.05, 4.69) is 9.97 Å². The molecule has 0 radical (unpaired) electrons. The monoisotopic (exact) mass is 315 g/mol. The Kier molecular flexibility index (Phi) is 3.77. The Bertz CT molecular complexity index is 651. The van der Waals surface area contributed by atoms with Gasteiger partial charge in [0.15, 0.2) is 5.75 Å². The highest BCUT2D eigenvalue weighted by Crippen LogP contribution is 2.39. The summed E-state index contributed by atoms with van der Waals surface area (Å²) in [5.74, 6) is 0.0416. The third-order valence-corrected chi connectivity index (χ3v) is 2.70. The molecule has 20 heavy (non-hydrogen) atoms. The Morgan fingerprint density at radius 2 is 1.75 bits per heavy atom. The summed E-state index contributed by atoms with van der Waals surface area (Å²) in [6.45, 7) is 0. The number of anilines is 2. The zero-order chi connectivity index (χ0) is 14.9. The molecule has 104 valence electrons. The quantitative estimate of drug-likeness (QED) is 0.657. The molecule has 10 heteroatoms. The van der Waals surface area contributed by atoms with Crippen LogP contribution in [0.25, 0.3) is 0 Å². The highest BCUT2D eigenvalue weighted by atomic mass is 35.5. The maximum Gasteiger partial charge on any atom is 0.272 e. The number of aromatic nitrogens is 2. The second-order valence-corrected chi connectivity index (χ2v) is 4.40. The first-order valence-electron chi connectivity index (χ1n) is 5.08. The van der Waals surface area contributed by atoms with Gasteiger partial charge in [-0.2, -0.15) is 9.97 Å². The van der Waals surface area contributed by atoms with Gasteiger partial charge in [0.2, 0.25) is 11.8 Å². The van der Waals surface area contributed by atoms with E-state index < -0.39 is 4.92 Å². The number of benzene rings is 1. The predicted molar refractivity (Wildman–Crippen MR) is 74.0 cm³/mol. The molecule has 0 amide bonds. The van der Waals surface area contributed by atoms with Gasteiger partial charge in [0, 0.05) is 18.2 Å². The topological polar surface area (TPSA) is 130 Å². The van der Waals surface area contributed by atoms with Crippen LogP contribution in [0.2, 0.25) is 10.0 Å². The molecule has 0 aliphatic heterocycles. The number of nitro groups is 1. The van der Waals surface area contributed by atoms with Crippen LogP contribution in [0.15, 0.2) is 18.2 Å². The Morgan fingerprint density at radius 1 is 1.15 bits per heavy atom. The molecule has 0 aliphatic carbocycles. The van der Waals surface area contributed by atoms with Crippen molar-refractivity contribution in [3.8, 4) is 11.6 Å². The van der Waals surface area contributed by atoms with Crippen LogP contribution < -0.4 is 16.2 Å². The van der Waals surface area contributed by atoms with Crippen LogP contribution >= 0.6 is 23.2 Å². The molecule has 0 atom stereocenters. The van der Waals surface area contributed by atoms with Crippen LogP contribution in [0.5, 0.6) is 11.6 Å². The fourth-order valence-electron chi connectivity index (χ4n) is 1.37. The standard InChI is InChI=1S/C10H7Cl2N5O3/c11-5-1-4(17(18)19)2-6(12)9(5)20-8-3-7(13)15-10(14)16-8/h1-3H,(H4,13,14,15,16). The second kappa shape index (κ2) is 5.35. The van der Waals surface area contributed by atoms with Crippen molar-refractivity contribution in [3.05, 3.63) is 38.4 Å².